The van der Waals surface area contributed by atoms with Gasteiger partial charge in [-0.3, -0.25) is 10.1 Å². The van der Waals surface area contributed by atoms with Crippen molar-refractivity contribution >= 4 is 5.69 Å². The Bertz CT molecular complexity index is 658. The molecular formula is C16H17FN2O2. The van der Waals surface area contributed by atoms with E-state index in [1.54, 1.807) is 24.3 Å². The summed E-state index contributed by atoms with van der Waals surface area (Å²) in [5, 5.41) is 10.8. The lowest BCUT2D eigenvalue weighted by Gasteiger charge is -2.13. The number of nitro groups is 1. The Kier molecular flexibility index (Phi) is 4.65. The predicted molar refractivity (Wildman–Crippen MR) is 80.6 cm³/mol. The maximum atomic E-state index is 14.0. The first-order chi connectivity index (χ1) is 10.0. The van der Waals surface area contributed by atoms with Crippen molar-refractivity contribution in [2.24, 2.45) is 5.73 Å². The topological polar surface area (TPSA) is 69.2 Å². The highest BCUT2D eigenvalue weighted by atomic mass is 19.1. The van der Waals surface area contributed by atoms with Crippen LogP contribution in [0.3, 0.4) is 0 Å². The molecule has 0 aliphatic carbocycles. The minimum absolute atomic E-state index is 0.0488. The second-order valence-electron chi connectivity index (χ2n) is 5.03. The van der Waals surface area contributed by atoms with Crippen molar-refractivity contribution in [2.45, 2.75) is 19.3 Å². The third kappa shape index (κ3) is 3.44. The van der Waals surface area contributed by atoms with Gasteiger partial charge in [-0.2, -0.15) is 0 Å². The lowest BCUT2D eigenvalue weighted by molar-refractivity contribution is -0.384. The molecular weight excluding hydrogens is 271 g/mol. The van der Waals surface area contributed by atoms with E-state index in [0.29, 0.717) is 17.7 Å². The monoisotopic (exact) mass is 288 g/mol. The van der Waals surface area contributed by atoms with Gasteiger partial charge in [-0.1, -0.05) is 25.1 Å². The molecule has 0 radical (unpaired) electrons. The molecule has 0 saturated heterocycles. The second-order valence-corrected chi connectivity index (χ2v) is 5.03. The van der Waals surface area contributed by atoms with Crippen LogP contribution in [0.2, 0.25) is 0 Å². The highest BCUT2D eigenvalue weighted by molar-refractivity contribution is 5.67. The maximum Gasteiger partial charge on any atom is 0.270 e. The van der Waals surface area contributed by atoms with Crippen LogP contribution in [0.1, 0.15) is 24.8 Å². The molecule has 0 spiro atoms. The number of non-ortho nitro benzene ring substituents is 1. The summed E-state index contributed by atoms with van der Waals surface area (Å²) in [5.41, 5.74) is 7.35. The van der Waals surface area contributed by atoms with Crippen LogP contribution in [0, 0.1) is 15.9 Å². The normalized spacial score (nSPS) is 12.1. The Morgan fingerprint density at radius 3 is 2.71 bits per heavy atom. The number of nitro benzene ring substituents is 1. The molecule has 0 fully saturated rings. The molecule has 0 heterocycles. The summed E-state index contributed by atoms with van der Waals surface area (Å²) in [7, 11) is 0. The molecule has 4 nitrogen and oxygen atoms in total. The average Bonchev–Trinajstić information content (AvgIpc) is 2.48. The standard InChI is InChI=1S/C16H17FN2O2/c1-11(7-8-18)12-5-6-16(17)15(10-12)13-3-2-4-14(9-13)19(20)21/h2-6,9-11H,7-8,18H2,1H3. The fourth-order valence-electron chi connectivity index (χ4n) is 2.27. The molecule has 0 aromatic heterocycles. The predicted octanol–water partition coefficient (Wildman–Crippen LogP) is 3.85. The second kappa shape index (κ2) is 6.45. The molecule has 0 aliphatic heterocycles. The number of halogens is 1. The lowest BCUT2D eigenvalue weighted by atomic mass is 9.93. The quantitative estimate of drug-likeness (QED) is 0.671. The van der Waals surface area contributed by atoms with E-state index in [0.717, 1.165) is 12.0 Å². The Morgan fingerprint density at radius 1 is 1.29 bits per heavy atom. The van der Waals surface area contributed by atoms with Gasteiger partial charge in [-0.25, -0.2) is 4.39 Å². The van der Waals surface area contributed by atoms with Gasteiger partial charge in [0.1, 0.15) is 5.82 Å². The van der Waals surface area contributed by atoms with Gasteiger partial charge in [0.05, 0.1) is 4.92 Å². The van der Waals surface area contributed by atoms with Gasteiger partial charge in [0.25, 0.3) is 5.69 Å². The van der Waals surface area contributed by atoms with Crippen LogP contribution in [-0.2, 0) is 0 Å². The van der Waals surface area contributed by atoms with Crippen molar-refractivity contribution in [3.63, 3.8) is 0 Å². The largest absolute Gasteiger partial charge is 0.330 e. The average molecular weight is 288 g/mol. The van der Waals surface area contributed by atoms with Gasteiger partial charge >= 0.3 is 0 Å². The number of hydrogen-bond acceptors (Lipinski definition) is 3. The van der Waals surface area contributed by atoms with Gasteiger partial charge < -0.3 is 5.73 Å². The fraction of sp³-hybridized carbons (Fsp3) is 0.250. The van der Waals surface area contributed by atoms with Crippen LogP contribution >= 0.6 is 0 Å². The maximum absolute atomic E-state index is 14.0. The van der Waals surface area contributed by atoms with E-state index in [1.165, 1.54) is 18.2 Å². The smallest absolute Gasteiger partial charge is 0.270 e. The molecule has 21 heavy (non-hydrogen) atoms. The van der Waals surface area contributed by atoms with Crippen molar-refractivity contribution in [1.29, 1.82) is 0 Å². The van der Waals surface area contributed by atoms with Crippen molar-refractivity contribution < 1.29 is 9.31 Å². The third-order valence-electron chi connectivity index (χ3n) is 3.53. The van der Waals surface area contributed by atoms with E-state index >= 15 is 0 Å². The molecule has 1 unspecified atom stereocenters. The number of rotatable bonds is 5. The Balaban J connectivity index is 2.45. The number of benzene rings is 2. The first-order valence-electron chi connectivity index (χ1n) is 6.77. The molecule has 0 saturated carbocycles. The van der Waals surface area contributed by atoms with Crippen LogP contribution in [-0.4, -0.2) is 11.5 Å². The minimum Gasteiger partial charge on any atom is -0.330 e. The Morgan fingerprint density at radius 2 is 2.05 bits per heavy atom. The lowest BCUT2D eigenvalue weighted by Crippen LogP contribution is -2.05. The zero-order valence-corrected chi connectivity index (χ0v) is 11.8. The van der Waals surface area contributed by atoms with Crippen molar-refractivity contribution in [3.05, 3.63) is 64.0 Å². The SMILES string of the molecule is CC(CCN)c1ccc(F)c(-c2cccc([N+](=O)[O-])c2)c1. The summed E-state index contributed by atoms with van der Waals surface area (Å²) >= 11 is 0. The number of nitrogens with zero attached hydrogens (tertiary/aromatic N) is 1. The minimum atomic E-state index is -0.484. The summed E-state index contributed by atoms with van der Waals surface area (Å²) in [4.78, 5) is 10.3. The van der Waals surface area contributed by atoms with E-state index in [1.807, 2.05) is 6.92 Å². The first kappa shape index (κ1) is 15.1. The molecule has 110 valence electrons. The van der Waals surface area contributed by atoms with Crippen LogP contribution in [0.5, 0.6) is 0 Å². The molecule has 2 rings (SSSR count). The molecule has 2 N–H and O–H groups in total. The molecule has 0 bridgehead atoms. The van der Waals surface area contributed by atoms with Crippen LogP contribution in [0.4, 0.5) is 10.1 Å². The molecule has 0 amide bonds. The molecule has 1 atom stereocenters. The summed E-state index contributed by atoms with van der Waals surface area (Å²) < 4.78 is 14.0. The van der Waals surface area contributed by atoms with Crippen molar-refractivity contribution in [3.8, 4) is 11.1 Å². The van der Waals surface area contributed by atoms with Gasteiger partial charge in [0.15, 0.2) is 0 Å². The van der Waals surface area contributed by atoms with Gasteiger partial charge in [0, 0.05) is 17.7 Å². The third-order valence-corrected chi connectivity index (χ3v) is 3.53. The zero-order chi connectivity index (χ0) is 15.4. The van der Waals surface area contributed by atoms with Crippen LogP contribution < -0.4 is 5.73 Å². The Hall–Kier alpha value is -2.27. The molecule has 5 heteroatoms. The van der Waals surface area contributed by atoms with E-state index in [4.69, 9.17) is 5.73 Å². The van der Waals surface area contributed by atoms with E-state index in [9.17, 15) is 14.5 Å². The summed E-state index contributed by atoms with van der Waals surface area (Å²) in [6.07, 6.45) is 0.806. The summed E-state index contributed by atoms with van der Waals surface area (Å²) in [6.45, 7) is 2.59. The van der Waals surface area contributed by atoms with Crippen molar-refractivity contribution in [2.75, 3.05) is 6.54 Å². The zero-order valence-electron chi connectivity index (χ0n) is 11.8. The fourth-order valence-corrected chi connectivity index (χ4v) is 2.27. The van der Waals surface area contributed by atoms with E-state index in [-0.39, 0.29) is 17.4 Å². The highest BCUT2D eigenvalue weighted by Crippen LogP contribution is 2.30. The first-order valence-corrected chi connectivity index (χ1v) is 6.77. The van der Waals surface area contributed by atoms with Gasteiger partial charge in [-0.15, -0.1) is 0 Å². The number of nitrogens with two attached hydrogens (primary N) is 1. The number of hydrogen-bond donors (Lipinski definition) is 1. The van der Waals surface area contributed by atoms with E-state index in [2.05, 4.69) is 0 Å². The molecule has 2 aromatic rings. The van der Waals surface area contributed by atoms with Crippen LogP contribution in [0.15, 0.2) is 42.5 Å². The molecule has 2 aromatic carbocycles. The van der Waals surface area contributed by atoms with Crippen LogP contribution in [0.25, 0.3) is 11.1 Å². The summed E-state index contributed by atoms with van der Waals surface area (Å²) in [6, 6.07) is 10.9. The summed E-state index contributed by atoms with van der Waals surface area (Å²) in [5.74, 6) is -0.174. The van der Waals surface area contributed by atoms with Gasteiger partial charge in [0.2, 0.25) is 0 Å². The Labute approximate surface area is 122 Å². The van der Waals surface area contributed by atoms with Gasteiger partial charge in [-0.05, 0) is 42.1 Å². The highest BCUT2D eigenvalue weighted by Gasteiger charge is 2.13. The van der Waals surface area contributed by atoms with E-state index < -0.39 is 4.92 Å². The van der Waals surface area contributed by atoms with Crippen molar-refractivity contribution in [1.82, 2.24) is 0 Å². The molecule has 0 aliphatic rings.